The van der Waals surface area contributed by atoms with Crippen molar-refractivity contribution in [2.24, 2.45) is 0 Å². The van der Waals surface area contributed by atoms with Crippen LogP contribution in [0.3, 0.4) is 0 Å². The van der Waals surface area contributed by atoms with Crippen LogP contribution in [0.2, 0.25) is 0 Å². The molecule has 1 amide bonds. The molecule has 0 aliphatic heterocycles. The zero-order chi connectivity index (χ0) is 13.4. The maximum atomic E-state index is 11.5. The molecule has 0 bridgehead atoms. The van der Waals surface area contributed by atoms with Crippen LogP contribution in [0.4, 0.5) is 5.69 Å². The molecule has 0 fully saturated rings. The summed E-state index contributed by atoms with van der Waals surface area (Å²) >= 11 is 0. The monoisotopic (exact) mass is 251 g/mol. The lowest BCUT2D eigenvalue weighted by Gasteiger charge is -2.06. The Balaban J connectivity index is 2.42. The second kappa shape index (κ2) is 7.32. The zero-order valence-corrected chi connectivity index (χ0v) is 10.6. The maximum absolute atomic E-state index is 11.5. The van der Waals surface area contributed by atoms with Gasteiger partial charge in [0, 0.05) is 12.1 Å². The van der Waals surface area contributed by atoms with Crippen LogP contribution in [0.1, 0.15) is 19.8 Å². The number of hydrogen-bond acceptors (Lipinski definition) is 4. The molecule has 0 unspecified atom stereocenters. The Morgan fingerprint density at radius 2 is 1.83 bits per heavy atom. The summed E-state index contributed by atoms with van der Waals surface area (Å²) in [5.41, 5.74) is 0.674. The number of amides is 1. The fourth-order valence-corrected chi connectivity index (χ4v) is 1.34. The Morgan fingerprint density at radius 1 is 1.17 bits per heavy atom. The first-order valence-electron chi connectivity index (χ1n) is 5.75. The van der Waals surface area contributed by atoms with Crippen LogP contribution in [-0.4, -0.2) is 25.6 Å². The lowest BCUT2D eigenvalue weighted by molar-refractivity contribution is -0.141. The summed E-state index contributed by atoms with van der Waals surface area (Å²) in [7, 11) is 1.30. The van der Waals surface area contributed by atoms with E-state index in [2.05, 4.69) is 10.1 Å². The van der Waals surface area contributed by atoms with Gasteiger partial charge in [0.25, 0.3) is 0 Å². The first-order chi connectivity index (χ1) is 8.65. The standard InChI is InChI=1S/C13H17NO4/c1-3-18-11-6-4-10(5-7-11)14-12(15)8-9-13(16)17-2/h4-7H,3,8-9H2,1-2H3,(H,14,15). The molecule has 0 aliphatic carbocycles. The molecule has 1 rings (SSSR count). The number of hydrogen-bond donors (Lipinski definition) is 1. The van der Waals surface area contributed by atoms with Crippen molar-refractivity contribution in [3.8, 4) is 5.75 Å². The van der Waals surface area contributed by atoms with Crippen LogP contribution < -0.4 is 10.1 Å². The smallest absolute Gasteiger partial charge is 0.306 e. The number of rotatable bonds is 6. The highest BCUT2D eigenvalue weighted by Gasteiger charge is 2.07. The molecule has 0 heterocycles. The topological polar surface area (TPSA) is 64.6 Å². The van der Waals surface area contributed by atoms with E-state index in [0.29, 0.717) is 12.3 Å². The highest BCUT2D eigenvalue weighted by atomic mass is 16.5. The summed E-state index contributed by atoms with van der Waals surface area (Å²) in [6.45, 7) is 2.51. The molecule has 1 aromatic carbocycles. The molecule has 0 saturated heterocycles. The molecule has 0 aliphatic rings. The van der Waals surface area contributed by atoms with Crippen molar-refractivity contribution in [2.45, 2.75) is 19.8 Å². The summed E-state index contributed by atoms with van der Waals surface area (Å²) in [5.74, 6) is 0.145. The Morgan fingerprint density at radius 3 is 2.39 bits per heavy atom. The van der Waals surface area contributed by atoms with Crippen molar-refractivity contribution in [3.05, 3.63) is 24.3 Å². The third kappa shape index (κ3) is 4.86. The molecule has 0 saturated carbocycles. The van der Waals surface area contributed by atoms with Gasteiger partial charge in [0.2, 0.25) is 5.91 Å². The molecular weight excluding hydrogens is 234 g/mol. The van der Waals surface area contributed by atoms with Crippen LogP contribution in [0.5, 0.6) is 5.75 Å². The van der Waals surface area contributed by atoms with Crippen molar-refractivity contribution in [2.75, 3.05) is 19.0 Å². The van der Waals surface area contributed by atoms with Crippen LogP contribution >= 0.6 is 0 Å². The summed E-state index contributed by atoms with van der Waals surface area (Å²) in [5, 5.41) is 2.69. The normalized spacial score (nSPS) is 9.67. The lowest BCUT2D eigenvalue weighted by Crippen LogP contribution is -2.13. The maximum Gasteiger partial charge on any atom is 0.306 e. The average molecular weight is 251 g/mol. The van der Waals surface area contributed by atoms with Crippen LogP contribution in [0, 0.1) is 0 Å². The Hall–Kier alpha value is -2.04. The summed E-state index contributed by atoms with van der Waals surface area (Å²) in [6, 6.07) is 7.06. The summed E-state index contributed by atoms with van der Waals surface area (Å²) in [6.07, 6.45) is 0.194. The van der Waals surface area contributed by atoms with Crippen molar-refractivity contribution < 1.29 is 19.1 Å². The fourth-order valence-electron chi connectivity index (χ4n) is 1.34. The van der Waals surface area contributed by atoms with Crippen molar-refractivity contribution in [3.63, 3.8) is 0 Å². The molecule has 1 N–H and O–H groups in total. The minimum Gasteiger partial charge on any atom is -0.494 e. The molecule has 0 aromatic heterocycles. The van der Waals surface area contributed by atoms with Gasteiger partial charge in [-0.05, 0) is 31.2 Å². The number of nitrogens with one attached hydrogen (secondary N) is 1. The van der Waals surface area contributed by atoms with E-state index in [9.17, 15) is 9.59 Å². The van der Waals surface area contributed by atoms with Gasteiger partial charge in [-0.3, -0.25) is 9.59 Å². The predicted octanol–water partition coefficient (Wildman–Crippen LogP) is 1.98. The van der Waals surface area contributed by atoms with E-state index in [1.165, 1.54) is 7.11 Å². The average Bonchev–Trinajstić information content (AvgIpc) is 2.38. The minimum absolute atomic E-state index is 0.0827. The van der Waals surface area contributed by atoms with Gasteiger partial charge in [0.15, 0.2) is 0 Å². The molecule has 18 heavy (non-hydrogen) atoms. The van der Waals surface area contributed by atoms with Gasteiger partial charge < -0.3 is 14.8 Å². The molecule has 0 atom stereocenters. The molecule has 5 heteroatoms. The van der Waals surface area contributed by atoms with Crippen molar-refractivity contribution in [1.29, 1.82) is 0 Å². The lowest BCUT2D eigenvalue weighted by atomic mass is 10.2. The first-order valence-corrected chi connectivity index (χ1v) is 5.75. The quantitative estimate of drug-likeness (QED) is 0.785. The number of benzene rings is 1. The molecule has 98 valence electrons. The molecule has 5 nitrogen and oxygen atoms in total. The van der Waals surface area contributed by atoms with E-state index in [1.807, 2.05) is 6.92 Å². The molecular formula is C13H17NO4. The Bertz CT molecular complexity index is 400. The van der Waals surface area contributed by atoms with Gasteiger partial charge in [-0.1, -0.05) is 0 Å². The van der Waals surface area contributed by atoms with E-state index in [1.54, 1.807) is 24.3 Å². The third-order valence-corrected chi connectivity index (χ3v) is 2.23. The van der Waals surface area contributed by atoms with Crippen LogP contribution in [0.15, 0.2) is 24.3 Å². The van der Waals surface area contributed by atoms with Crippen molar-refractivity contribution >= 4 is 17.6 Å². The highest BCUT2D eigenvalue weighted by Crippen LogP contribution is 2.15. The zero-order valence-electron chi connectivity index (χ0n) is 10.6. The number of ether oxygens (including phenoxy) is 2. The molecule has 0 spiro atoms. The number of anilines is 1. The minimum atomic E-state index is -0.392. The third-order valence-electron chi connectivity index (χ3n) is 2.23. The summed E-state index contributed by atoms with van der Waals surface area (Å²) in [4.78, 5) is 22.4. The second-order valence-electron chi connectivity index (χ2n) is 3.58. The number of methoxy groups -OCH3 is 1. The van der Waals surface area contributed by atoms with E-state index in [0.717, 1.165) is 5.75 Å². The highest BCUT2D eigenvalue weighted by molar-refractivity contribution is 5.92. The van der Waals surface area contributed by atoms with E-state index >= 15 is 0 Å². The van der Waals surface area contributed by atoms with Gasteiger partial charge in [-0.2, -0.15) is 0 Å². The largest absolute Gasteiger partial charge is 0.494 e. The number of esters is 1. The van der Waals surface area contributed by atoms with Gasteiger partial charge >= 0.3 is 5.97 Å². The SMILES string of the molecule is CCOc1ccc(NC(=O)CCC(=O)OC)cc1. The van der Waals surface area contributed by atoms with Gasteiger partial charge in [0.05, 0.1) is 20.1 Å². The number of carbonyl (C=O) groups excluding carboxylic acids is 2. The van der Waals surface area contributed by atoms with Gasteiger partial charge in [-0.15, -0.1) is 0 Å². The van der Waals surface area contributed by atoms with Crippen LogP contribution in [0.25, 0.3) is 0 Å². The van der Waals surface area contributed by atoms with E-state index in [-0.39, 0.29) is 18.7 Å². The number of carbonyl (C=O) groups is 2. The molecule has 0 radical (unpaired) electrons. The second-order valence-corrected chi connectivity index (χ2v) is 3.58. The van der Waals surface area contributed by atoms with Crippen LogP contribution in [-0.2, 0) is 14.3 Å². The van der Waals surface area contributed by atoms with Gasteiger partial charge in [0.1, 0.15) is 5.75 Å². The Kier molecular flexibility index (Phi) is 5.70. The van der Waals surface area contributed by atoms with Gasteiger partial charge in [-0.25, -0.2) is 0 Å². The van der Waals surface area contributed by atoms with E-state index < -0.39 is 5.97 Å². The molecule has 1 aromatic rings. The Labute approximate surface area is 106 Å². The summed E-state index contributed by atoms with van der Waals surface area (Å²) < 4.78 is 9.74. The predicted molar refractivity (Wildman–Crippen MR) is 67.5 cm³/mol. The van der Waals surface area contributed by atoms with Crippen molar-refractivity contribution in [1.82, 2.24) is 0 Å². The first kappa shape index (κ1) is 14.0. The van der Waals surface area contributed by atoms with E-state index in [4.69, 9.17) is 4.74 Å². The fraction of sp³-hybridized carbons (Fsp3) is 0.385.